The van der Waals surface area contributed by atoms with Crippen molar-refractivity contribution in [2.75, 3.05) is 72.2 Å². The largest absolute Gasteiger partial charge is 0.395 e. The van der Waals surface area contributed by atoms with Crippen LogP contribution in [0.5, 0.6) is 0 Å². The number of ether oxygens (including phenoxy) is 1. The first kappa shape index (κ1) is 25.0. The minimum absolute atomic E-state index is 0.161. The standard InChI is InChI=1S/C12H29N3O3.C5H12/c1-2-13-3-6-15(7-10-17)8-12-18-11-5-14-4-9-16;1-3-5-4-2/h13-14,16-17H,2-12H2,1H3;3-5H2,1-2H3. The molecule has 0 radical (unpaired) electrons. The zero-order valence-corrected chi connectivity index (χ0v) is 15.6. The van der Waals surface area contributed by atoms with Crippen LogP contribution in [0, 0.1) is 0 Å². The van der Waals surface area contributed by atoms with Gasteiger partial charge in [-0.3, -0.25) is 4.90 Å². The molecule has 6 heteroatoms. The molecular formula is C17H41N3O3. The molecule has 0 fully saturated rings. The molecule has 0 aliphatic rings. The fourth-order valence-corrected chi connectivity index (χ4v) is 1.89. The third kappa shape index (κ3) is 24.1. The van der Waals surface area contributed by atoms with Gasteiger partial charge >= 0.3 is 0 Å². The van der Waals surface area contributed by atoms with Crippen molar-refractivity contribution in [1.29, 1.82) is 0 Å². The third-order valence-corrected chi connectivity index (χ3v) is 3.24. The van der Waals surface area contributed by atoms with Crippen LogP contribution in [0.15, 0.2) is 0 Å². The smallest absolute Gasteiger partial charge is 0.0594 e. The first-order valence-corrected chi connectivity index (χ1v) is 9.19. The van der Waals surface area contributed by atoms with E-state index in [2.05, 4.69) is 36.3 Å². The average molecular weight is 336 g/mol. The second-order valence-electron chi connectivity index (χ2n) is 5.36. The molecule has 0 atom stereocenters. The maximum Gasteiger partial charge on any atom is 0.0594 e. The zero-order chi connectivity index (χ0) is 17.6. The van der Waals surface area contributed by atoms with Gasteiger partial charge in [0.05, 0.1) is 26.4 Å². The van der Waals surface area contributed by atoms with Gasteiger partial charge in [0.15, 0.2) is 0 Å². The molecule has 0 amide bonds. The Morgan fingerprint density at radius 1 is 0.783 bits per heavy atom. The Kier molecular flexibility index (Phi) is 26.1. The predicted molar refractivity (Wildman–Crippen MR) is 98.0 cm³/mol. The topological polar surface area (TPSA) is 77.0 Å². The van der Waals surface area contributed by atoms with Crippen molar-refractivity contribution in [3.05, 3.63) is 0 Å². The van der Waals surface area contributed by atoms with Crippen LogP contribution in [0.3, 0.4) is 0 Å². The highest BCUT2D eigenvalue weighted by Gasteiger charge is 2.03. The first-order chi connectivity index (χ1) is 11.3. The molecule has 6 nitrogen and oxygen atoms in total. The molecule has 0 aliphatic carbocycles. The maximum absolute atomic E-state index is 8.96. The molecule has 23 heavy (non-hydrogen) atoms. The summed E-state index contributed by atoms with van der Waals surface area (Å²) >= 11 is 0. The van der Waals surface area contributed by atoms with Gasteiger partial charge in [0, 0.05) is 39.3 Å². The number of hydrogen-bond acceptors (Lipinski definition) is 6. The van der Waals surface area contributed by atoms with Crippen molar-refractivity contribution in [2.45, 2.75) is 40.0 Å². The lowest BCUT2D eigenvalue weighted by molar-refractivity contribution is 0.0968. The van der Waals surface area contributed by atoms with Crippen molar-refractivity contribution in [2.24, 2.45) is 0 Å². The summed E-state index contributed by atoms with van der Waals surface area (Å²) in [6.07, 6.45) is 4.08. The minimum atomic E-state index is 0.161. The van der Waals surface area contributed by atoms with Crippen LogP contribution in [0.2, 0.25) is 0 Å². The van der Waals surface area contributed by atoms with E-state index >= 15 is 0 Å². The molecule has 0 unspecified atom stereocenters. The number of unbranched alkanes of at least 4 members (excludes halogenated alkanes) is 2. The molecule has 0 heterocycles. The molecule has 0 rings (SSSR count). The van der Waals surface area contributed by atoms with Crippen LogP contribution < -0.4 is 10.6 Å². The van der Waals surface area contributed by atoms with Crippen LogP contribution in [0.1, 0.15) is 40.0 Å². The van der Waals surface area contributed by atoms with Gasteiger partial charge in [-0.2, -0.15) is 0 Å². The van der Waals surface area contributed by atoms with Gasteiger partial charge in [0.1, 0.15) is 0 Å². The number of nitrogens with zero attached hydrogens (tertiary/aromatic N) is 1. The van der Waals surface area contributed by atoms with Crippen LogP contribution in [-0.4, -0.2) is 87.4 Å². The quantitative estimate of drug-likeness (QED) is 0.311. The number of likely N-dealkylation sites (N-methyl/N-ethyl adjacent to an activating group) is 1. The fourth-order valence-electron chi connectivity index (χ4n) is 1.89. The number of aliphatic hydroxyl groups excluding tert-OH is 2. The van der Waals surface area contributed by atoms with E-state index in [0.29, 0.717) is 26.3 Å². The lowest BCUT2D eigenvalue weighted by Gasteiger charge is -2.21. The SMILES string of the molecule is CCCCC.CCNCCN(CCO)CCOCCNCCO. The van der Waals surface area contributed by atoms with E-state index in [0.717, 1.165) is 32.7 Å². The normalized spacial score (nSPS) is 10.7. The van der Waals surface area contributed by atoms with Gasteiger partial charge in [-0.25, -0.2) is 0 Å². The number of aliphatic hydroxyl groups is 2. The van der Waals surface area contributed by atoms with Crippen LogP contribution in [0.4, 0.5) is 0 Å². The molecule has 0 saturated carbocycles. The Balaban J connectivity index is 0. The Bertz CT molecular complexity index is 196. The second-order valence-corrected chi connectivity index (χ2v) is 5.36. The van der Waals surface area contributed by atoms with Gasteiger partial charge in [0.25, 0.3) is 0 Å². The number of hydrogen-bond donors (Lipinski definition) is 4. The summed E-state index contributed by atoms with van der Waals surface area (Å²) in [6.45, 7) is 13.9. The van der Waals surface area contributed by atoms with Crippen molar-refractivity contribution in [3.63, 3.8) is 0 Å². The van der Waals surface area contributed by atoms with E-state index in [1.807, 2.05) is 0 Å². The molecule has 142 valence electrons. The highest BCUT2D eigenvalue weighted by atomic mass is 16.5. The van der Waals surface area contributed by atoms with E-state index in [4.69, 9.17) is 14.9 Å². The highest BCUT2D eigenvalue weighted by Crippen LogP contribution is 1.88. The average Bonchev–Trinajstić information content (AvgIpc) is 2.55. The monoisotopic (exact) mass is 335 g/mol. The second kappa shape index (κ2) is 24.0. The van der Waals surface area contributed by atoms with Gasteiger partial charge in [-0.1, -0.05) is 40.0 Å². The summed E-state index contributed by atoms with van der Waals surface area (Å²) in [4.78, 5) is 2.18. The van der Waals surface area contributed by atoms with Crippen molar-refractivity contribution < 1.29 is 14.9 Å². The molecule has 0 aliphatic heterocycles. The first-order valence-electron chi connectivity index (χ1n) is 9.19. The molecule has 0 spiro atoms. The van der Waals surface area contributed by atoms with Crippen molar-refractivity contribution in [1.82, 2.24) is 15.5 Å². The van der Waals surface area contributed by atoms with Crippen LogP contribution >= 0.6 is 0 Å². The lowest BCUT2D eigenvalue weighted by Crippen LogP contribution is -2.36. The predicted octanol–water partition coefficient (Wildman–Crippen LogP) is 0.685. The van der Waals surface area contributed by atoms with Crippen molar-refractivity contribution in [3.8, 4) is 0 Å². The molecule has 0 bridgehead atoms. The molecule has 0 aromatic carbocycles. The highest BCUT2D eigenvalue weighted by molar-refractivity contribution is 4.59. The molecule has 4 N–H and O–H groups in total. The van der Waals surface area contributed by atoms with Crippen LogP contribution in [-0.2, 0) is 4.74 Å². The van der Waals surface area contributed by atoms with Gasteiger partial charge < -0.3 is 25.6 Å². The zero-order valence-electron chi connectivity index (χ0n) is 15.6. The Morgan fingerprint density at radius 3 is 2.04 bits per heavy atom. The Labute approximate surface area is 143 Å². The fraction of sp³-hybridized carbons (Fsp3) is 1.00. The third-order valence-electron chi connectivity index (χ3n) is 3.24. The van der Waals surface area contributed by atoms with Gasteiger partial charge in [-0.15, -0.1) is 0 Å². The molecular weight excluding hydrogens is 294 g/mol. The molecule has 0 aromatic rings. The number of rotatable bonds is 16. The summed E-state index contributed by atoms with van der Waals surface area (Å²) in [6, 6.07) is 0. The minimum Gasteiger partial charge on any atom is -0.395 e. The Morgan fingerprint density at radius 2 is 1.52 bits per heavy atom. The van der Waals surface area contributed by atoms with Crippen molar-refractivity contribution >= 4 is 0 Å². The van der Waals surface area contributed by atoms with E-state index in [1.165, 1.54) is 19.3 Å². The van der Waals surface area contributed by atoms with Crippen LogP contribution in [0.25, 0.3) is 0 Å². The maximum atomic E-state index is 8.96. The number of nitrogens with one attached hydrogen (secondary N) is 2. The summed E-state index contributed by atoms with van der Waals surface area (Å²) in [5.41, 5.74) is 0. The van der Waals surface area contributed by atoms with E-state index in [9.17, 15) is 0 Å². The summed E-state index contributed by atoms with van der Waals surface area (Å²) in [7, 11) is 0. The van der Waals surface area contributed by atoms with E-state index in [1.54, 1.807) is 0 Å². The van der Waals surface area contributed by atoms with Gasteiger partial charge in [-0.05, 0) is 6.54 Å². The lowest BCUT2D eigenvalue weighted by atomic mass is 10.3. The van der Waals surface area contributed by atoms with Gasteiger partial charge in [0.2, 0.25) is 0 Å². The molecule has 0 saturated heterocycles. The summed E-state index contributed by atoms with van der Waals surface area (Å²) < 4.78 is 5.48. The Hall–Kier alpha value is -0.240. The summed E-state index contributed by atoms with van der Waals surface area (Å²) in [5.74, 6) is 0. The molecule has 0 aromatic heterocycles. The van der Waals surface area contributed by atoms with E-state index in [-0.39, 0.29) is 13.2 Å². The summed E-state index contributed by atoms with van der Waals surface area (Å²) in [5, 5.41) is 23.8. The van der Waals surface area contributed by atoms with E-state index < -0.39 is 0 Å².